The molecule has 2 aromatic rings. The summed E-state index contributed by atoms with van der Waals surface area (Å²) in [6, 6.07) is 10.6. The van der Waals surface area contributed by atoms with Gasteiger partial charge in [0.2, 0.25) is 0 Å². The van der Waals surface area contributed by atoms with E-state index < -0.39 is 0 Å². The van der Waals surface area contributed by atoms with Gasteiger partial charge in [-0.2, -0.15) is 5.10 Å². The number of benzene rings is 1. The molecule has 0 spiro atoms. The Kier molecular flexibility index (Phi) is 2.28. The normalized spacial score (nSPS) is 14.8. The van der Waals surface area contributed by atoms with Gasteiger partial charge >= 0.3 is 0 Å². The molecule has 2 nitrogen and oxygen atoms in total. The van der Waals surface area contributed by atoms with Gasteiger partial charge in [-0.05, 0) is 25.7 Å². The summed E-state index contributed by atoms with van der Waals surface area (Å²) >= 11 is 0. The minimum absolute atomic E-state index is 1.15. The number of hydrogen-bond donors (Lipinski definition) is 0. The number of hydrogen-bond acceptors (Lipinski definition) is 1. The van der Waals surface area contributed by atoms with Crippen LogP contribution in [0.2, 0.25) is 0 Å². The number of aromatic nitrogens is 2. The summed E-state index contributed by atoms with van der Waals surface area (Å²) in [5, 5.41) is 4.64. The van der Waals surface area contributed by atoms with Crippen LogP contribution in [0, 0.1) is 0 Å². The first-order chi connectivity index (χ1) is 7.86. The van der Waals surface area contributed by atoms with Crippen molar-refractivity contribution in [2.24, 2.45) is 7.05 Å². The first-order valence-electron chi connectivity index (χ1n) is 5.96. The fourth-order valence-electron chi connectivity index (χ4n) is 2.64. The van der Waals surface area contributed by atoms with E-state index in [0.29, 0.717) is 0 Å². The summed E-state index contributed by atoms with van der Waals surface area (Å²) in [5.74, 6) is 0. The van der Waals surface area contributed by atoms with Gasteiger partial charge in [0.15, 0.2) is 0 Å². The van der Waals surface area contributed by atoms with E-state index in [4.69, 9.17) is 0 Å². The Morgan fingerprint density at radius 3 is 2.62 bits per heavy atom. The van der Waals surface area contributed by atoms with E-state index in [9.17, 15) is 0 Å². The molecule has 0 atom stereocenters. The molecule has 3 rings (SSSR count). The van der Waals surface area contributed by atoms with E-state index in [0.717, 1.165) is 6.42 Å². The highest BCUT2D eigenvalue weighted by Crippen LogP contribution is 2.30. The third kappa shape index (κ3) is 1.45. The molecule has 1 aliphatic carbocycles. The Bertz CT molecular complexity index is 497. The lowest BCUT2D eigenvalue weighted by Crippen LogP contribution is -2.01. The molecule has 1 heterocycles. The average Bonchev–Trinajstić information content (AvgIpc) is 2.66. The number of aryl methyl sites for hydroxylation is 2. The Balaban J connectivity index is 2.17. The van der Waals surface area contributed by atoms with Crippen molar-refractivity contribution in [1.82, 2.24) is 9.78 Å². The Hall–Kier alpha value is -1.57. The van der Waals surface area contributed by atoms with Crippen LogP contribution in [-0.4, -0.2) is 9.78 Å². The van der Waals surface area contributed by atoms with E-state index in [1.165, 1.54) is 41.8 Å². The molecule has 0 N–H and O–H groups in total. The highest BCUT2D eigenvalue weighted by molar-refractivity contribution is 5.65. The second-order valence-electron chi connectivity index (χ2n) is 4.47. The predicted molar refractivity (Wildman–Crippen MR) is 65.3 cm³/mol. The van der Waals surface area contributed by atoms with Crippen LogP contribution in [-0.2, 0) is 19.9 Å². The topological polar surface area (TPSA) is 17.8 Å². The molecule has 0 amide bonds. The summed E-state index contributed by atoms with van der Waals surface area (Å²) < 4.78 is 2.05. The molecule has 0 fully saturated rings. The SMILES string of the molecule is Cn1nc2c(c1-c1ccccc1)CCCC2. The number of fused-ring (bicyclic) bond motifs is 1. The highest BCUT2D eigenvalue weighted by Gasteiger charge is 2.19. The van der Waals surface area contributed by atoms with Gasteiger partial charge in [-0.15, -0.1) is 0 Å². The first kappa shape index (κ1) is 9.64. The molecule has 1 aliphatic rings. The van der Waals surface area contributed by atoms with Crippen molar-refractivity contribution in [2.45, 2.75) is 25.7 Å². The summed E-state index contributed by atoms with van der Waals surface area (Å²) in [5.41, 5.74) is 5.39. The predicted octanol–water partition coefficient (Wildman–Crippen LogP) is 2.97. The maximum absolute atomic E-state index is 4.64. The fraction of sp³-hybridized carbons (Fsp3) is 0.357. The molecule has 0 bridgehead atoms. The molecule has 16 heavy (non-hydrogen) atoms. The fourth-order valence-corrected chi connectivity index (χ4v) is 2.64. The standard InChI is InChI=1S/C14H16N2/c1-16-14(11-7-3-2-4-8-11)12-9-5-6-10-13(12)15-16/h2-4,7-8H,5-6,9-10H2,1H3. The lowest BCUT2D eigenvalue weighted by atomic mass is 9.93. The van der Waals surface area contributed by atoms with Crippen molar-refractivity contribution < 1.29 is 0 Å². The zero-order valence-electron chi connectivity index (χ0n) is 9.61. The Labute approximate surface area is 95.9 Å². The van der Waals surface area contributed by atoms with Crippen molar-refractivity contribution in [3.05, 3.63) is 41.6 Å². The summed E-state index contributed by atoms with van der Waals surface area (Å²) in [6.45, 7) is 0. The van der Waals surface area contributed by atoms with Crippen LogP contribution < -0.4 is 0 Å². The zero-order chi connectivity index (χ0) is 11.0. The summed E-state index contributed by atoms with van der Waals surface area (Å²) in [7, 11) is 2.06. The lowest BCUT2D eigenvalue weighted by Gasteiger charge is -2.11. The molecule has 0 radical (unpaired) electrons. The van der Waals surface area contributed by atoms with E-state index >= 15 is 0 Å². The van der Waals surface area contributed by atoms with Gasteiger partial charge in [-0.3, -0.25) is 4.68 Å². The van der Waals surface area contributed by atoms with Gasteiger partial charge < -0.3 is 0 Å². The van der Waals surface area contributed by atoms with E-state index in [-0.39, 0.29) is 0 Å². The van der Waals surface area contributed by atoms with Crippen LogP contribution in [0.15, 0.2) is 30.3 Å². The van der Waals surface area contributed by atoms with Gasteiger partial charge in [0, 0.05) is 18.2 Å². The minimum atomic E-state index is 1.15. The maximum Gasteiger partial charge on any atom is 0.0713 e. The molecule has 0 aliphatic heterocycles. The molecule has 0 saturated carbocycles. The third-order valence-electron chi connectivity index (χ3n) is 3.37. The van der Waals surface area contributed by atoms with Gasteiger partial charge in [0.1, 0.15) is 0 Å². The smallest absolute Gasteiger partial charge is 0.0713 e. The molecule has 0 saturated heterocycles. The highest BCUT2D eigenvalue weighted by atomic mass is 15.3. The van der Waals surface area contributed by atoms with Gasteiger partial charge in [0.05, 0.1) is 11.4 Å². The lowest BCUT2D eigenvalue weighted by molar-refractivity contribution is 0.664. The van der Waals surface area contributed by atoms with Gasteiger partial charge in [-0.25, -0.2) is 0 Å². The van der Waals surface area contributed by atoms with E-state index in [1.807, 2.05) is 4.68 Å². The first-order valence-corrected chi connectivity index (χ1v) is 5.96. The van der Waals surface area contributed by atoms with Gasteiger partial charge in [-0.1, -0.05) is 30.3 Å². The monoisotopic (exact) mass is 212 g/mol. The average molecular weight is 212 g/mol. The van der Waals surface area contributed by atoms with Crippen LogP contribution in [0.1, 0.15) is 24.1 Å². The zero-order valence-corrected chi connectivity index (χ0v) is 9.61. The molecule has 2 heteroatoms. The molecule has 0 unspecified atom stereocenters. The van der Waals surface area contributed by atoms with Crippen LogP contribution in [0.5, 0.6) is 0 Å². The van der Waals surface area contributed by atoms with Crippen LogP contribution in [0.3, 0.4) is 0 Å². The second kappa shape index (κ2) is 3.78. The molecule has 1 aromatic carbocycles. The number of rotatable bonds is 1. The van der Waals surface area contributed by atoms with Crippen LogP contribution in [0.4, 0.5) is 0 Å². The maximum atomic E-state index is 4.64. The van der Waals surface area contributed by atoms with Crippen molar-refractivity contribution in [3.63, 3.8) is 0 Å². The summed E-state index contributed by atoms with van der Waals surface area (Å²) in [6.07, 6.45) is 4.93. The van der Waals surface area contributed by atoms with E-state index in [2.05, 4.69) is 42.5 Å². The largest absolute Gasteiger partial charge is 0.267 e. The van der Waals surface area contributed by atoms with Crippen molar-refractivity contribution in [1.29, 1.82) is 0 Å². The molecular weight excluding hydrogens is 196 g/mol. The number of nitrogens with zero attached hydrogens (tertiary/aromatic N) is 2. The van der Waals surface area contributed by atoms with Crippen molar-refractivity contribution >= 4 is 0 Å². The molecule has 1 aromatic heterocycles. The molecular formula is C14H16N2. The Morgan fingerprint density at radius 1 is 1.06 bits per heavy atom. The quantitative estimate of drug-likeness (QED) is 0.710. The van der Waals surface area contributed by atoms with Crippen molar-refractivity contribution in [2.75, 3.05) is 0 Å². The van der Waals surface area contributed by atoms with Gasteiger partial charge in [0.25, 0.3) is 0 Å². The molecule has 82 valence electrons. The third-order valence-corrected chi connectivity index (χ3v) is 3.37. The van der Waals surface area contributed by atoms with E-state index in [1.54, 1.807) is 0 Å². The van der Waals surface area contributed by atoms with Crippen LogP contribution >= 0.6 is 0 Å². The van der Waals surface area contributed by atoms with Crippen molar-refractivity contribution in [3.8, 4) is 11.3 Å². The summed E-state index contributed by atoms with van der Waals surface area (Å²) in [4.78, 5) is 0. The minimum Gasteiger partial charge on any atom is -0.267 e. The second-order valence-corrected chi connectivity index (χ2v) is 4.47. The van der Waals surface area contributed by atoms with Crippen LogP contribution in [0.25, 0.3) is 11.3 Å². The Morgan fingerprint density at radius 2 is 1.81 bits per heavy atom.